The van der Waals surface area contributed by atoms with E-state index in [9.17, 15) is 9.59 Å². The molecule has 0 radical (unpaired) electrons. The zero-order valence-corrected chi connectivity index (χ0v) is 15.9. The maximum atomic E-state index is 12.8. The predicted octanol–water partition coefficient (Wildman–Crippen LogP) is 2.25. The minimum Gasteiger partial charge on any atom is -0.484 e. The molecule has 1 atom stereocenters. The number of nitrogen functional groups attached to an aromatic ring is 1. The third kappa shape index (κ3) is 4.37. The van der Waals surface area contributed by atoms with Crippen LogP contribution in [0.1, 0.15) is 12.8 Å². The number of hydrogen-bond acceptors (Lipinski definition) is 6. The molecule has 1 fully saturated rings. The molecule has 0 bridgehead atoms. The van der Waals surface area contributed by atoms with Crippen molar-refractivity contribution in [1.82, 2.24) is 4.90 Å². The molecule has 0 saturated carbocycles. The zero-order valence-electron chi connectivity index (χ0n) is 15.9. The number of likely N-dealkylation sites (tertiary alicyclic amines) is 1. The second-order valence-corrected chi connectivity index (χ2v) is 7.06. The number of fused-ring (bicyclic) bond motifs is 1. The first-order valence-electron chi connectivity index (χ1n) is 9.56. The molecule has 2 aromatic rings. The van der Waals surface area contributed by atoms with Crippen molar-refractivity contribution < 1.29 is 23.8 Å². The summed E-state index contributed by atoms with van der Waals surface area (Å²) in [6.07, 6.45) is 1.46. The van der Waals surface area contributed by atoms with Crippen LogP contribution in [0.3, 0.4) is 0 Å². The van der Waals surface area contributed by atoms with Crippen molar-refractivity contribution in [2.45, 2.75) is 12.8 Å². The number of para-hydroxylation sites is 1. The fraction of sp³-hybridized carbons (Fsp3) is 0.333. The van der Waals surface area contributed by atoms with E-state index in [-0.39, 0.29) is 31.1 Å². The van der Waals surface area contributed by atoms with Gasteiger partial charge in [0.15, 0.2) is 18.1 Å². The summed E-state index contributed by atoms with van der Waals surface area (Å²) in [6, 6.07) is 12.5. The number of nitrogens with one attached hydrogen (secondary N) is 1. The molecule has 4 rings (SSSR count). The molecule has 1 unspecified atom stereocenters. The largest absolute Gasteiger partial charge is 0.484 e. The lowest BCUT2D eigenvalue weighted by atomic mass is 9.97. The summed E-state index contributed by atoms with van der Waals surface area (Å²) in [6.45, 7) is 1.06. The standard InChI is InChI=1S/C21H23N3O5/c22-16-9-18-19(29-13-28-18)10-17(16)23-21(26)14-5-4-8-24(11-14)20(25)12-27-15-6-2-1-3-7-15/h1-3,6-7,9-10,14H,4-5,8,11-13,22H2,(H,23,26). The van der Waals surface area contributed by atoms with Gasteiger partial charge in [-0.3, -0.25) is 9.59 Å². The number of benzene rings is 2. The van der Waals surface area contributed by atoms with Crippen LogP contribution in [0, 0.1) is 5.92 Å². The highest BCUT2D eigenvalue weighted by atomic mass is 16.7. The highest BCUT2D eigenvalue weighted by Gasteiger charge is 2.29. The number of anilines is 2. The van der Waals surface area contributed by atoms with Gasteiger partial charge in [-0.25, -0.2) is 0 Å². The Labute approximate surface area is 168 Å². The minimum atomic E-state index is -0.311. The highest BCUT2D eigenvalue weighted by Crippen LogP contribution is 2.38. The van der Waals surface area contributed by atoms with Gasteiger partial charge in [0, 0.05) is 25.2 Å². The van der Waals surface area contributed by atoms with Crippen molar-refractivity contribution in [2.24, 2.45) is 5.92 Å². The monoisotopic (exact) mass is 397 g/mol. The molecule has 1 saturated heterocycles. The average Bonchev–Trinajstić information content (AvgIpc) is 3.20. The first-order chi connectivity index (χ1) is 14.1. The maximum absolute atomic E-state index is 12.8. The van der Waals surface area contributed by atoms with Crippen molar-refractivity contribution in [3.8, 4) is 17.2 Å². The van der Waals surface area contributed by atoms with E-state index in [0.717, 1.165) is 6.42 Å². The number of amides is 2. The molecule has 0 spiro atoms. The predicted molar refractivity (Wildman–Crippen MR) is 107 cm³/mol. The van der Waals surface area contributed by atoms with E-state index in [1.165, 1.54) is 0 Å². The average molecular weight is 397 g/mol. The Morgan fingerprint density at radius 3 is 2.72 bits per heavy atom. The smallest absolute Gasteiger partial charge is 0.260 e. The molecular weight excluding hydrogens is 374 g/mol. The Hall–Kier alpha value is -3.42. The Balaban J connectivity index is 1.34. The number of nitrogens with zero attached hydrogens (tertiary/aromatic N) is 1. The Kier molecular flexibility index (Phi) is 5.41. The third-order valence-corrected chi connectivity index (χ3v) is 5.05. The summed E-state index contributed by atoms with van der Waals surface area (Å²) in [5.74, 6) is 1.15. The fourth-order valence-corrected chi connectivity index (χ4v) is 3.47. The van der Waals surface area contributed by atoms with Gasteiger partial charge in [-0.1, -0.05) is 18.2 Å². The molecule has 8 heteroatoms. The lowest BCUT2D eigenvalue weighted by molar-refractivity contribution is -0.136. The molecule has 3 N–H and O–H groups in total. The van der Waals surface area contributed by atoms with Gasteiger partial charge < -0.3 is 30.2 Å². The van der Waals surface area contributed by atoms with E-state index in [1.807, 2.05) is 18.2 Å². The summed E-state index contributed by atoms with van der Waals surface area (Å²) in [5, 5.41) is 2.86. The van der Waals surface area contributed by atoms with Gasteiger partial charge in [-0.2, -0.15) is 0 Å². The number of ether oxygens (including phenoxy) is 3. The van der Waals surface area contributed by atoms with Gasteiger partial charge in [0.2, 0.25) is 12.7 Å². The van der Waals surface area contributed by atoms with E-state index in [2.05, 4.69) is 5.32 Å². The van der Waals surface area contributed by atoms with Crippen LogP contribution in [0.25, 0.3) is 0 Å². The summed E-state index contributed by atoms with van der Waals surface area (Å²) < 4.78 is 16.2. The quantitative estimate of drug-likeness (QED) is 0.750. The first kappa shape index (κ1) is 18.9. The topological polar surface area (TPSA) is 103 Å². The molecule has 152 valence electrons. The molecule has 29 heavy (non-hydrogen) atoms. The van der Waals surface area contributed by atoms with Crippen LogP contribution in [-0.4, -0.2) is 43.2 Å². The second kappa shape index (κ2) is 8.30. The number of carbonyl (C=O) groups excluding carboxylic acids is 2. The minimum absolute atomic E-state index is 0.0482. The fourth-order valence-electron chi connectivity index (χ4n) is 3.47. The molecule has 2 amide bonds. The number of piperidine rings is 1. The van der Waals surface area contributed by atoms with Crippen LogP contribution in [0.5, 0.6) is 17.2 Å². The molecule has 0 aromatic heterocycles. The Morgan fingerprint density at radius 2 is 1.93 bits per heavy atom. The van der Waals surface area contributed by atoms with E-state index in [4.69, 9.17) is 19.9 Å². The van der Waals surface area contributed by atoms with E-state index in [1.54, 1.807) is 29.2 Å². The number of nitrogens with two attached hydrogens (primary N) is 1. The van der Waals surface area contributed by atoms with Crippen LogP contribution >= 0.6 is 0 Å². The second-order valence-electron chi connectivity index (χ2n) is 7.06. The summed E-state index contributed by atoms with van der Waals surface area (Å²) in [5.41, 5.74) is 6.90. The number of rotatable bonds is 5. The highest BCUT2D eigenvalue weighted by molar-refractivity contribution is 5.96. The summed E-state index contributed by atoms with van der Waals surface area (Å²) in [7, 11) is 0. The van der Waals surface area contributed by atoms with E-state index >= 15 is 0 Å². The first-order valence-corrected chi connectivity index (χ1v) is 9.56. The van der Waals surface area contributed by atoms with Crippen molar-refractivity contribution in [1.29, 1.82) is 0 Å². The molecule has 2 aliphatic rings. The molecule has 2 heterocycles. The van der Waals surface area contributed by atoms with Crippen molar-refractivity contribution in [2.75, 3.05) is 37.5 Å². The molecular formula is C21H23N3O5. The molecule has 0 aliphatic carbocycles. The van der Waals surface area contributed by atoms with Gasteiger partial charge in [0.1, 0.15) is 5.75 Å². The van der Waals surface area contributed by atoms with Gasteiger partial charge in [0.05, 0.1) is 17.3 Å². The number of carbonyl (C=O) groups is 2. The van der Waals surface area contributed by atoms with Crippen molar-refractivity contribution >= 4 is 23.2 Å². The molecule has 2 aromatic carbocycles. The lowest BCUT2D eigenvalue weighted by Gasteiger charge is -2.32. The Bertz CT molecular complexity index is 903. The van der Waals surface area contributed by atoms with Crippen LogP contribution in [0.15, 0.2) is 42.5 Å². The summed E-state index contributed by atoms with van der Waals surface area (Å²) >= 11 is 0. The molecule has 2 aliphatic heterocycles. The van der Waals surface area contributed by atoms with Crippen LogP contribution in [0.2, 0.25) is 0 Å². The van der Waals surface area contributed by atoms with Gasteiger partial charge in [-0.05, 0) is 25.0 Å². The normalized spacial score (nSPS) is 17.7. The third-order valence-electron chi connectivity index (χ3n) is 5.05. The Morgan fingerprint density at radius 1 is 1.17 bits per heavy atom. The number of hydrogen-bond donors (Lipinski definition) is 2. The van der Waals surface area contributed by atoms with Crippen molar-refractivity contribution in [3.05, 3.63) is 42.5 Å². The van der Waals surface area contributed by atoms with Crippen molar-refractivity contribution in [3.63, 3.8) is 0 Å². The van der Waals surface area contributed by atoms with E-state index in [0.29, 0.717) is 48.1 Å². The van der Waals surface area contributed by atoms with Gasteiger partial charge >= 0.3 is 0 Å². The SMILES string of the molecule is Nc1cc2c(cc1NC(=O)C1CCCN(C(=O)COc3ccccc3)C1)OCO2. The van der Waals surface area contributed by atoms with Crippen LogP contribution in [0.4, 0.5) is 11.4 Å². The summed E-state index contributed by atoms with van der Waals surface area (Å²) in [4.78, 5) is 26.9. The van der Waals surface area contributed by atoms with Gasteiger partial charge in [0.25, 0.3) is 5.91 Å². The zero-order chi connectivity index (χ0) is 20.2. The van der Waals surface area contributed by atoms with Gasteiger partial charge in [-0.15, -0.1) is 0 Å². The maximum Gasteiger partial charge on any atom is 0.260 e. The lowest BCUT2D eigenvalue weighted by Crippen LogP contribution is -2.45. The van der Waals surface area contributed by atoms with E-state index < -0.39 is 0 Å². The van der Waals surface area contributed by atoms with Crippen LogP contribution < -0.4 is 25.3 Å². The van der Waals surface area contributed by atoms with Crippen LogP contribution in [-0.2, 0) is 9.59 Å². The molecule has 8 nitrogen and oxygen atoms in total.